The van der Waals surface area contributed by atoms with Crippen LogP contribution in [0.4, 0.5) is 17.1 Å². The van der Waals surface area contributed by atoms with Crippen molar-refractivity contribution in [3.8, 4) is 66.8 Å². The van der Waals surface area contributed by atoms with Crippen LogP contribution in [0.15, 0.2) is 237 Å². The van der Waals surface area contributed by atoms with E-state index in [0.29, 0.717) is 0 Å². The summed E-state index contributed by atoms with van der Waals surface area (Å²) in [6.07, 6.45) is 0. The molecule has 0 aliphatic heterocycles. The summed E-state index contributed by atoms with van der Waals surface area (Å²) in [5, 5.41) is 2.46. The number of hydrogen-bond acceptors (Lipinski definition) is 1. The first kappa shape index (κ1) is 37.3. The van der Waals surface area contributed by atoms with E-state index >= 15 is 0 Å². The summed E-state index contributed by atoms with van der Waals surface area (Å²) < 4.78 is 0. The molecule has 0 atom stereocenters. The van der Waals surface area contributed by atoms with Crippen LogP contribution in [-0.2, 0) is 5.41 Å². The summed E-state index contributed by atoms with van der Waals surface area (Å²) in [5.74, 6) is 0. The van der Waals surface area contributed by atoms with E-state index in [1.165, 1.54) is 88.7 Å². The molecule has 0 saturated heterocycles. The highest BCUT2D eigenvalue weighted by Gasteiger charge is 2.36. The van der Waals surface area contributed by atoms with Gasteiger partial charge < -0.3 is 4.90 Å². The van der Waals surface area contributed by atoms with Gasteiger partial charge >= 0.3 is 0 Å². The molecule has 62 heavy (non-hydrogen) atoms. The molecular formula is C61H45N. The van der Waals surface area contributed by atoms with Crippen molar-refractivity contribution in [3.63, 3.8) is 0 Å². The summed E-state index contributed by atoms with van der Waals surface area (Å²) in [6, 6.07) is 86.5. The number of hydrogen-bond donors (Lipinski definition) is 0. The fraction of sp³-hybridized carbons (Fsp3) is 0.0492. The number of nitrogens with zero attached hydrogens (tertiary/aromatic N) is 1. The van der Waals surface area contributed by atoms with Crippen LogP contribution in [0.2, 0.25) is 0 Å². The summed E-state index contributed by atoms with van der Waals surface area (Å²) >= 11 is 0. The lowest BCUT2D eigenvalue weighted by molar-refractivity contribution is 0.660. The van der Waals surface area contributed by atoms with Crippen molar-refractivity contribution in [1.29, 1.82) is 0 Å². The van der Waals surface area contributed by atoms with E-state index < -0.39 is 0 Å². The van der Waals surface area contributed by atoms with Gasteiger partial charge in [0, 0.05) is 22.5 Å². The minimum atomic E-state index is -0.195. The summed E-state index contributed by atoms with van der Waals surface area (Å²) in [5.41, 5.74) is 20.8. The third-order valence-electron chi connectivity index (χ3n) is 12.9. The Kier molecular flexibility index (Phi) is 9.24. The Morgan fingerprint density at radius 2 is 0.629 bits per heavy atom. The number of rotatable bonds is 8. The molecule has 0 radical (unpaired) electrons. The number of anilines is 3. The van der Waals surface area contributed by atoms with Crippen molar-refractivity contribution in [3.05, 3.63) is 248 Å². The van der Waals surface area contributed by atoms with Gasteiger partial charge in [0.2, 0.25) is 0 Å². The van der Waals surface area contributed by atoms with Gasteiger partial charge in [-0.2, -0.15) is 0 Å². The molecule has 1 aliphatic rings. The molecule has 294 valence electrons. The maximum atomic E-state index is 2.43. The first-order valence-corrected chi connectivity index (χ1v) is 21.6. The molecule has 1 heteroatoms. The van der Waals surface area contributed by atoms with E-state index in [1.807, 2.05) is 0 Å². The lowest BCUT2D eigenvalue weighted by atomic mass is 9.81. The molecule has 0 saturated carbocycles. The predicted molar refractivity (Wildman–Crippen MR) is 263 cm³/mol. The molecule has 10 aromatic rings. The maximum Gasteiger partial charge on any atom is 0.0468 e. The highest BCUT2D eigenvalue weighted by Crippen LogP contribution is 2.52. The molecule has 0 spiro atoms. The van der Waals surface area contributed by atoms with E-state index in [1.54, 1.807) is 0 Å². The normalized spacial score (nSPS) is 12.5. The molecule has 0 unspecified atom stereocenters. The van der Waals surface area contributed by atoms with Gasteiger partial charge in [0.25, 0.3) is 0 Å². The zero-order valence-electron chi connectivity index (χ0n) is 35.0. The SMILES string of the molecule is CC1(C)c2cc(-c3ccc(-c4ccc(-c5ccccc5)cc4)cc3)ccc2-c2ccc(N(c3ccc(-c4cccc(-c5ccccc5)c4)cc3)c3ccc4ccccc4c3)cc21. The first-order chi connectivity index (χ1) is 30.5. The molecule has 0 fully saturated rings. The van der Waals surface area contributed by atoms with Gasteiger partial charge in [-0.05, 0) is 137 Å². The molecule has 0 amide bonds. The van der Waals surface area contributed by atoms with Gasteiger partial charge in [-0.25, -0.2) is 0 Å². The highest BCUT2D eigenvalue weighted by atomic mass is 15.1. The van der Waals surface area contributed by atoms with Gasteiger partial charge in [0.1, 0.15) is 0 Å². The standard InChI is InChI=1S/C61H45N/c1-61(2)59-40-53(48-26-24-47(25-27-48)46-22-20-45(21-23-46)42-12-5-3-6-13-42)31-36-57(59)58-37-35-56(41-60(58)61)62(55-34-30-44-16-9-10-17-52(44)39-55)54-32-28-49(29-33-54)51-19-11-18-50(38-51)43-14-7-4-8-15-43/h3-41H,1-2H3. The third kappa shape index (κ3) is 6.79. The van der Waals surface area contributed by atoms with Gasteiger partial charge in [-0.3, -0.25) is 0 Å². The zero-order valence-corrected chi connectivity index (χ0v) is 35.0. The molecule has 1 nitrogen and oxygen atoms in total. The molecule has 0 N–H and O–H groups in total. The Labute approximate surface area is 364 Å². The smallest absolute Gasteiger partial charge is 0.0468 e. The molecule has 0 bridgehead atoms. The Morgan fingerprint density at radius 3 is 1.23 bits per heavy atom. The van der Waals surface area contributed by atoms with Crippen LogP contribution in [0.25, 0.3) is 77.5 Å². The largest absolute Gasteiger partial charge is 0.310 e. The van der Waals surface area contributed by atoms with Crippen molar-refractivity contribution in [2.24, 2.45) is 0 Å². The monoisotopic (exact) mass is 791 g/mol. The lowest BCUT2D eigenvalue weighted by Gasteiger charge is -2.28. The van der Waals surface area contributed by atoms with Crippen molar-refractivity contribution in [2.45, 2.75) is 19.3 Å². The number of fused-ring (bicyclic) bond motifs is 4. The summed E-state index contributed by atoms with van der Waals surface area (Å²) in [7, 11) is 0. The van der Waals surface area contributed by atoms with Crippen LogP contribution < -0.4 is 4.90 Å². The van der Waals surface area contributed by atoms with E-state index in [2.05, 4.69) is 255 Å². The van der Waals surface area contributed by atoms with Crippen molar-refractivity contribution >= 4 is 27.8 Å². The molecule has 0 heterocycles. The van der Waals surface area contributed by atoms with Gasteiger partial charge in [-0.15, -0.1) is 0 Å². The number of benzene rings is 10. The Balaban J connectivity index is 0.916. The first-order valence-electron chi connectivity index (χ1n) is 21.6. The highest BCUT2D eigenvalue weighted by molar-refractivity contribution is 5.91. The van der Waals surface area contributed by atoms with E-state index in [0.717, 1.165) is 17.1 Å². The van der Waals surface area contributed by atoms with Crippen LogP contribution in [-0.4, -0.2) is 0 Å². The van der Waals surface area contributed by atoms with Gasteiger partial charge in [0.05, 0.1) is 0 Å². The van der Waals surface area contributed by atoms with Gasteiger partial charge in [0.15, 0.2) is 0 Å². The van der Waals surface area contributed by atoms with Crippen molar-refractivity contribution < 1.29 is 0 Å². The zero-order chi connectivity index (χ0) is 41.6. The summed E-state index contributed by atoms with van der Waals surface area (Å²) in [6.45, 7) is 4.76. The topological polar surface area (TPSA) is 3.24 Å². The average Bonchev–Trinajstić information content (AvgIpc) is 3.57. The molecular weight excluding hydrogens is 747 g/mol. The Bertz CT molecular complexity index is 3220. The van der Waals surface area contributed by atoms with E-state index in [4.69, 9.17) is 0 Å². The third-order valence-corrected chi connectivity index (χ3v) is 12.9. The van der Waals surface area contributed by atoms with Crippen molar-refractivity contribution in [2.75, 3.05) is 4.90 Å². The maximum absolute atomic E-state index is 2.43. The van der Waals surface area contributed by atoms with E-state index in [9.17, 15) is 0 Å². The Morgan fingerprint density at radius 1 is 0.258 bits per heavy atom. The Hall–Kier alpha value is -7.74. The van der Waals surface area contributed by atoms with E-state index in [-0.39, 0.29) is 5.41 Å². The molecule has 10 aromatic carbocycles. The molecule has 11 rings (SSSR count). The van der Waals surface area contributed by atoms with Crippen LogP contribution >= 0.6 is 0 Å². The minimum Gasteiger partial charge on any atom is -0.310 e. The fourth-order valence-electron chi connectivity index (χ4n) is 9.46. The second-order valence-corrected chi connectivity index (χ2v) is 17.0. The van der Waals surface area contributed by atoms with Crippen LogP contribution in [0.1, 0.15) is 25.0 Å². The second kappa shape index (κ2) is 15.4. The fourth-order valence-corrected chi connectivity index (χ4v) is 9.46. The minimum absolute atomic E-state index is 0.195. The van der Waals surface area contributed by atoms with Crippen LogP contribution in [0.5, 0.6) is 0 Å². The molecule has 0 aromatic heterocycles. The van der Waals surface area contributed by atoms with Crippen LogP contribution in [0.3, 0.4) is 0 Å². The average molecular weight is 792 g/mol. The second-order valence-electron chi connectivity index (χ2n) is 17.0. The molecule has 1 aliphatic carbocycles. The lowest BCUT2D eigenvalue weighted by Crippen LogP contribution is -2.16. The van der Waals surface area contributed by atoms with Gasteiger partial charge in [-0.1, -0.05) is 202 Å². The quantitative estimate of drug-likeness (QED) is 0.148. The predicted octanol–water partition coefficient (Wildman–Crippen LogP) is 17.0. The summed E-state index contributed by atoms with van der Waals surface area (Å²) in [4.78, 5) is 2.41. The van der Waals surface area contributed by atoms with Crippen LogP contribution in [0, 0.1) is 0 Å². The van der Waals surface area contributed by atoms with Crippen molar-refractivity contribution in [1.82, 2.24) is 0 Å².